The average molecular weight is 477 g/mol. The molecule has 0 spiro atoms. The zero-order chi connectivity index (χ0) is 23.7. The van der Waals surface area contributed by atoms with Gasteiger partial charge in [0.05, 0.1) is 23.8 Å². The van der Waals surface area contributed by atoms with Gasteiger partial charge in [-0.1, -0.05) is 54.1 Å². The first-order valence-electron chi connectivity index (χ1n) is 11.0. The molecule has 0 radical (unpaired) electrons. The number of hydrogen-bond acceptors (Lipinski definition) is 4. The number of anilines is 1. The third kappa shape index (κ3) is 4.65. The van der Waals surface area contributed by atoms with Crippen LogP contribution in [0.5, 0.6) is 0 Å². The maximum absolute atomic E-state index is 14.4. The van der Waals surface area contributed by atoms with Gasteiger partial charge in [-0.15, -0.1) is 0 Å². The van der Waals surface area contributed by atoms with E-state index in [1.54, 1.807) is 43.5 Å². The van der Waals surface area contributed by atoms with E-state index in [1.807, 2.05) is 6.07 Å². The molecule has 1 aliphatic carbocycles. The Morgan fingerprint density at radius 2 is 1.88 bits per heavy atom. The lowest BCUT2D eigenvalue weighted by Crippen LogP contribution is -2.19. The summed E-state index contributed by atoms with van der Waals surface area (Å²) in [5.41, 5.74) is 4.30. The second-order valence-electron chi connectivity index (χ2n) is 8.24. The topological polar surface area (TPSA) is 69.0 Å². The van der Waals surface area contributed by atoms with Crippen LogP contribution >= 0.6 is 11.6 Å². The molecule has 1 fully saturated rings. The fourth-order valence-electron chi connectivity index (χ4n) is 3.82. The van der Waals surface area contributed by atoms with Gasteiger partial charge in [0.15, 0.2) is 11.6 Å². The van der Waals surface area contributed by atoms with Gasteiger partial charge in [0.2, 0.25) is 0 Å². The van der Waals surface area contributed by atoms with Crippen LogP contribution in [0.25, 0.3) is 16.9 Å². The molecule has 8 heteroatoms. The molecule has 1 N–H and O–H groups in total. The molecule has 6 nitrogen and oxygen atoms in total. The Hall–Kier alpha value is -3.71. The first-order valence-corrected chi connectivity index (χ1v) is 11.4. The van der Waals surface area contributed by atoms with Crippen LogP contribution in [-0.4, -0.2) is 20.9 Å². The summed E-state index contributed by atoms with van der Waals surface area (Å²) in [4.78, 5) is 17.0. The van der Waals surface area contributed by atoms with Gasteiger partial charge in [-0.2, -0.15) is 5.10 Å². The fraction of sp³-hybridized carbons (Fsp3) is 0.192. The standard InChI is InChI=1S/C26H22ClFN4O2/c1-16(21-4-2-3-5-22(21)27)34-26(33)31-25-23(28)15-30-32(25)20-12-13-24(29-14-20)19-10-8-18(9-11-19)17-6-7-17/h2-5,8-17H,6-7H2,1H3,(H,31,33). The minimum Gasteiger partial charge on any atom is -0.441 e. The van der Waals surface area contributed by atoms with Crippen molar-refractivity contribution in [2.75, 3.05) is 5.32 Å². The summed E-state index contributed by atoms with van der Waals surface area (Å²) in [5.74, 6) is -0.133. The predicted octanol–water partition coefficient (Wildman–Crippen LogP) is 6.91. The maximum Gasteiger partial charge on any atom is 0.413 e. The number of pyridine rings is 1. The van der Waals surface area contributed by atoms with Gasteiger partial charge in [-0.05, 0) is 49.4 Å². The van der Waals surface area contributed by atoms with Crippen molar-refractivity contribution in [2.24, 2.45) is 0 Å². The zero-order valence-electron chi connectivity index (χ0n) is 18.4. The molecule has 2 aromatic heterocycles. The number of nitrogens with zero attached hydrogens (tertiary/aromatic N) is 3. The van der Waals surface area contributed by atoms with Crippen LogP contribution in [-0.2, 0) is 4.74 Å². The van der Waals surface area contributed by atoms with E-state index in [4.69, 9.17) is 16.3 Å². The van der Waals surface area contributed by atoms with E-state index in [0.717, 1.165) is 17.5 Å². The van der Waals surface area contributed by atoms with Gasteiger partial charge >= 0.3 is 6.09 Å². The summed E-state index contributed by atoms with van der Waals surface area (Å²) in [6.07, 6.45) is 3.68. The Bertz CT molecular complexity index is 1320. The largest absolute Gasteiger partial charge is 0.441 e. The van der Waals surface area contributed by atoms with E-state index in [-0.39, 0.29) is 5.82 Å². The van der Waals surface area contributed by atoms with Gasteiger partial charge in [0, 0.05) is 16.1 Å². The highest BCUT2D eigenvalue weighted by Gasteiger charge is 2.23. The van der Waals surface area contributed by atoms with Crippen molar-refractivity contribution in [3.8, 4) is 16.9 Å². The Balaban J connectivity index is 1.30. The van der Waals surface area contributed by atoms with Crippen molar-refractivity contribution >= 4 is 23.5 Å². The average Bonchev–Trinajstić information content (AvgIpc) is 3.64. The van der Waals surface area contributed by atoms with Crippen molar-refractivity contribution < 1.29 is 13.9 Å². The summed E-state index contributed by atoms with van der Waals surface area (Å²) in [7, 11) is 0. The number of aromatic nitrogens is 3. The summed E-state index contributed by atoms with van der Waals surface area (Å²) >= 11 is 6.16. The Kier molecular flexibility index (Phi) is 6.02. The van der Waals surface area contributed by atoms with Crippen LogP contribution in [0.2, 0.25) is 5.02 Å². The smallest absolute Gasteiger partial charge is 0.413 e. The van der Waals surface area contributed by atoms with Crippen molar-refractivity contribution in [1.29, 1.82) is 0 Å². The molecule has 1 aliphatic rings. The van der Waals surface area contributed by atoms with E-state index < -0.39 is 18.0 Å². The molecule has 1 saturated carbocycles. The zero-order valence-corrected chi connectivity index (χ0v) is 19.2. The Morgan fingerprint density at radius 1 is 1.12 bits per heavy atom. The summed E-state index contributed by atoms with van der Waals surface area (Å²) in [6, 6.07) is 19.1. The lowest BCUT2D eigenvalue weighted by Gasteiger charge is -2.16. The number of carbonyl (C=O) groups excluding carboxylic acids is 1. The van der Waals surface area contributed by atoms with Crippen LogP contribution in [0, 0.1) is 5.82 Å². The van der Waals surface area contributed by atoms with Crippen LogP contribution in [0.15, 0.2) is 73.1 Å². The summed E-state index contributed by atoms with van der Waals surface area (Å²) in [5, 5.41) is 6.96. The highest BCUT2D eigenvalue weighted by Crippen LogP contribution is 2.40. The summed E-state index contributed by atoms with van der Waals surface area (Å²) in [6.45, 7) is 1.69. The molecule has 1 atom stereocenters. The molecule has 2 aromatic carbocycles. The number of halogens is 2. The molecule has 1 amide bonds. The minimum absolute atomic E-state index is 0.139. The van der Waals surface area contributed by atoms with E-state index in [0.29, 0.717) is 22.2 Å². The first-order chi connectivity index (χ1) is 16.5. The van der Waals surface area contributed by atoms with Crippen molar-refractivity contribution in [3.63, 3.8) is 0 Å². The molecule has 2 heterocycles. The van der Waals surface area contributed by atoms with Crippen LogP contribution in [0.4, 0.5) is 15.0 Å². The predicted molar refractivity (Wildman–Crippen MR) is 129 cm³/mol. The molecule has 5 rings (SSSR count). The van der Waals surface area contributed by atoms with Gasteiger partial charge in [0.25, 0.3) is 0 Å². The number of hydrogen-bond donors (Lipinski definition) is 1. The number of rotatable bonds is 6. The SMILES string of the molecule is CC(OC(=O)Nc1c(F)cnn1-c1ccc(-c2ccc(C3CC3)cc2)nc1)c1ccccc1Cl. The van der Waals surface area contributed by atoms with E-state index in [2.05, 4.69) is 39.7 Å². The van der Waals surface area contributed by atoms with Gasteiger partial charge in [-0.3, -0.25) is 10.3 Å². The highest BCUT2D eigenvalue weighted by molar-refractivity contribution is 6.31. The Morgan fingerprint density at radius 3 is 2.56 bits per heavy atom. The van der Waals surface area contributed by atoms with Crippen molar-refractivity contribution in [3.05, 3.63) is 95.0 Å². The highest BCUT2D eigenvalue weighted by atomic mass is 35.5. The van der Waals surface area contributed by atoms with Crippen LogP contribution < -0.4 is 5.32 Å². The lowest BCUT2D eigenvalue weighted by molar-refractivity contribution is 0.121. The molecule has 4 aromatic rings. The van der Waals surface area contributed by atoms with Crippen LogP contribution in [0.1, 0.15) is 42.9 Å². The van der Waals surface area contributed by atoms with Gasteiger partial charge < -0.3 is 4.74 Å². The molecular formula is C26H22ClFN4O2. The number of amides is 1. The van der Waals surface area contributed by atoms with Crippen LogP contribution in [0.3, 0.4) is 0 Å². The second kappa shape index (κ2) is 9.27. The van der Waals surface area contributed by atoms with Crippen molar-refractivity contribution in [1.82, 2.24) is 14.8 Å². The number of carbonyl (C=O) groups is 1. The second-order valence-corrected chi connectivity index (χ2v) is 8.65. The van der Waals surface area contributed by atoms with Gasteiger partial charge in [-0.25, -0.2) is 13.9 Å². The third-order valence-electron chi connectivity index (χ3n) is 5.82. The number of ether oxygens (including phenoxy) is 1. The van der Waals surface area contributed by atoms with Gasteiger partial charge in [0.1, 0.15) is 6.10 Å². The summed E-state index contributed by atoms with van der Waals surface area (Å²) < 4.78 is 21.1. The number of benzene rings is 2. The first kappa shape index (κ1) is 22.1. The van der Waals surface area contributed by atoms with E-state index in [9.17, 15) is 9.18 Å². The number of nitrogens with one attached hydrogen (secondary N) is 1. The van der Waals surface area contributed by atoms with E-state index in [1.165, 1.54) is 23.1 Å². The third-order valence-corrected chi connectivity index (χ3v) is 6.16. The minimum atomic E-state index is -0.826. The normalized spacial score (nSPS) is 14.0. The molecule has 0 bridgehead atoms. The maximum atomic E-state index is 14.4. The molecular weight excluding hydrogens is 455 g/mol. The molecule has 172 valence electrons. The Labute approximate surface area is 201 Å². The van der Waals surface area contributed by atoms with Crippen molar-refractivity contribution in [2.45, 2.75) is 31.8 Å². The molecule has 1 unspecified atom stereocenters. The lowest BCUT2D eigenvalue weighted by atomic mass is 10.1. The van der Waals surface area contributed by atoms with E-state index >= 15 is 0 Å². The monoisotopic (exact) mass is 476 g/mol. The fourth-order valence-corrected chi connectivity index (χ4v) is 4.11. The molecule has 0 saturated heterocycles. The quantitative estimate of drug-likeness (QED) is 0.328. The molecule has 34 heavy (non-hydrogen) atoms. The molecule has 0 aliphatic heterocycles.